The number of aliphatic hydroxyl groups excluding tert-OH is 1. The van der Waals surface area contributed by atoms with E-state index in [9.17, 15) is 9.90 Å². The highest BCUT2D eigenvalue weighted by atomic mass is 16.3. The summed E-state index contributed by atoms with van der Waals surface area (Å²) in [5.74, 6) is 0.809. The predicted molar refractivity (Wildman–Crippen MR) is 73.4 cm³/mol. The number of hydrogen-bond acceptors (Lipinski definition) is 2. The standard InChI is InChI=1S/C14H28N2O2/c1-10(7-11-5-6-11)15-13(18)16-12(9-17)8-14(2,3)4/h10-12,17H,5-9H2,1-4H3,(H2,15,16,18). The van der Waals surface area contributed by atoms with E-state index in [0.717, 1.165) is 18.8 Å². The lowest BCUT2D eigenvalue weighted by Crippen LogP contribution is -2.47. The van der Waals surface area contributed by atoms with Crippen molar-refractivity contribution >= 4 is 6.03 Å². The van der Waals surface area contributed by atoms with Crippen molar-refractivity contribution in [3.05, 3.63) is 0 Å². The van der Waals surface area contributed by atoms with E-state index in [2.05, 4.69) is 31.4 Å². The average molecular weight is 256 g/mol. The van der Waals surface area contributed by atoms with Gasteiger partial charge in [0.2, 0.25) is 0 Å². The first kappa shape index (κ1) is 15.3. The lowest BCUT2D eigenvalue weighted by molar-refractivity contribution is 0.189. The Hall–Kier alpha value is -0.770. The number of aliphatic hydroxyl groups is 1. The monoisotopic (exact) mass is 256 g/mol. The number of nitrogens with one attached hydrogen (secondary N) is 2. The van der Waals surface area contributed by atoms with Gasteiger partial charge in [-0.05, 0) is 31.1 Å². The summed E-state index contributed by atoms with van der Waals surface area (Å²) in [5, 5.41) is 15.1. The minimum atomic E-state index is -0.168. The van der Waals surface area contributed by atoms with E-state index in [0.29, 0.717) is 0 Å². The van der Waals surface area contributed by atoms with Crippen LogP contribution in [-0.4, -0.2) is 29.8 Å². The summed E-state index contributed by atoms with van der Waals surface area (Å²) in [5.41, 5.74) is 0.0975. The smallest absolute Gasteiger partial charge is 0.315 e. The maximum atomic E-state index is 11.8. The van der Waals surface area contributed by atoms with Gasteiger partial charge in [-0.2, -0.15) is 0 Å². The quantitative estimate of drug-likeness (QED) is 0.682. The highest BCUT2D eigenvalue weighted by molar-refractivity contribution is 5.74. The maximum absolute atomic E-state index is 11.8. The summed E-state index contributed by atoms with van der Waals surface area (Å²) >= 11 is 0. The molecule has 1 saturated carbocycles. The average Bonchev–Trinajstić information content (AvgIpc) is 2.97. The molecule has 3 N–H and O–H groups in total. The zero-order valence-electron chi connectivity index (χ0n) is 12.1. The molecule has 0 aromatic heterocycles. The van der Waals surface area contributed by atoms with Gasteiger partial charge in [0.1, 0.15) is 0 Å². The van der Waals surface area contributed by atoms with Gasteiger partial charge in [-0.1, -0.05) is 33.6 Å². The lowest BCUT2D eigenvalue weighted by atomic mass is 9.88. The normalized spacial score (nSPS) is 19.2. The van der Waals surface area contributed by atoms with Gasteiger partial charge in [0.25, 0.3) is 0 Å². The van der Waals surface area contributed by atoms with Crippen LogP contribution in [0, 0.1) is 11.3 Å². The molecule has 0 aliphatic heterocycles. The minimum Gasteiger partial charge on any atom is -0.394 e. The zero-order chi connectivity index (χ0) is 13.8. The van der Waals surface area contributed by atoms with Crippen LogP contribution < -0.4 is 10.6 Å². The van der Waals surface area contributed by atoms with Crippen molar-refractivity contribution in [2.75, 3.05) is 6.61 Å². The number of urea groups is 1. The fourth-order valence-electron chi connectivity index (χ4n) is 2.26. The number of rotatable bonds is 6. The first-order valence-electron chi connectivity index (χ1n) is 6.98. The number of amides is 2. The van der Waals surface area contributed by atoms with Crippen LogP contribution in [0.5, 0.6) is 0 Å². The Bertz CT molecular complexity index is 269. The molecule has 0 radical (unpaired) electrons. The van der Waals surface area contributed by atoms with Gasteiger partial charge in [-0.3, -0.25) is 0 Å². The summed E-state index contributed by atoms with van der Waals surface area (Å²) in [6.07, 6.45) is 4.44. The van der Waals surface area contributed by atoms with Crippen LogP contribution in [0.15, 0.2) is 0 Å². The first-order chi connectivity index (χ1) is 8.30. The summed E-state index contributed by atoms with van der Waals surface area (Å²) in [4.78, 5) is 11.8. The summed E-state index contributed by atoms with van der Waals surface area (Å²) < 4.78 is 0. The predicted octanol–water partition coefficient (Wildman–Crippen LogP) is 2.27. The van der Waals surface area contributed by atoms with Gasteiger partial charge in [-0.15, -0.1) is 0 Å². The third-order valence-electron chi connectivity index (χ3n) is 3.18. The fraction of sp³-hybridized carbons (Fsp3) is 0.929. The molecule has 4 heteroatoms. The van der Waals surface area contributed by atoms with Gasteiger partial charge in [0.05, 0.1) is 12.6 Å². The Morgan fingerprint density at radius 3 is 2.39 bits per heavy atom. The highest BCUT2D eigenvalue weighted by Crippen LogP contribution is 2.33. The van der Waals surface area contributed by atoms with Crippen molar-refractivity contribution in [1.82, 2.24) is 10.6 Å². The van der Waals surface area contributed by atoms with Gasteiger partial charge in [0, 0.05) is 6.04 Å². The van der Waals surface area contributed by atoms with E-state index in [1.165, 1.54) is 12.8 Å². The van der Waals surface area contributed by atoms with E-state index >= 15 is 0 Å². The number of carbonyl (C=O) groups is 1. The molecule has 1 aliphatic rings. The van der Waals surface area contributed by atoms with Gasteiger partial charge in [0.15, 0.2) is 0 Å². The van der Waals surface area contributed by atoms with Gasteiger partial charge >= 0.3 is 6.03 Å². The van der Waals surface area contributed by atoms with Crippen LogP contribution in [-0.2, 0) is 0 Å². The van der Waals surface area contributed by atoms with Gasteiger partial charge < -0.3 is 15.7 Å². The molecule has 0 aromatic rings. The molecule has 0 aromatic carbocycles. The van der Waals surface area contributed by atoms with Gasteiger partial charge in [-0.25, -0.2) is 4.79 Å². The molecule has 0 heterocycles. The van der Waals surface area contributed by atoms with Crippen LogP contribution in [0.2, 0.25) is 0 Å². The lowest BCUT2D eigenvalue weighted by Gasteiger charge is -2.26. The first-order valence-corrected chi connectivity index (χ1v) is 6.98. The number of hydrogen-bond donors (Lipinski definition) is 3. The third kappa shape index (κ3) is 6.84. The van der Waals surface area contributed by atoms with Crippen LogP contribution in [0.3, 0.4) is 0 Å². The molecule has 0 spiro atoms. The molecular formula is C14H28N2O2. The molecular weight excluding hydrogens is 228 g/mol. The Kier molecular flexibility index (Phi) is 5.45. The highest BCUT2D eigenvalue weighted by Gasteiger charge is 2.25. The van der Waals surface area contributed by atoms with Crippen LogP contribution in [0.1, 0.15) is 53.4 Å². The molecule has 1 fully saturated rings. The van der Waals surface area contributed by atoms with Crippen molar-refractivity contribution in [2.45, 2.75) is 65.5 Å². The third-order valence-corrected chi connectivity index (χ3v) is 3.18. The zero-order valence-corrected chi connectivity index (χ0v) is 12.1. The molecule has 2 amide bonds. The molecule has 106 valence electrons. The molecule has 1 aliphatic carbocycles. The SMILES string of the molecule is CC(CC1CC1)NC(=O)NC(CO)CC(C)(C)C. The largest absolute Gasteiger partial charge is 0.394 e. The summed E-state index contributed by atoms with van der Waals surface area (Å²) in [6, 6.07) is -0.115. The second kappa shape index (κ2) is 6.41. The molecule has 0 bridgehead atoms. The topological polar surface area (TPSA) is 61.4 Å². The Labute approximate surface area is 111 Å². The van der Waals surface area contributed by atoms with Crippen LogP contribution in [0.4, 0.5) is 4.79 Å². The molecule has 4 nitrogen and oxygen atoms in total. The van der Waals surface area contributed by atoms with E-state index in [4.69, 9.17) is 0 Å². The molecule has 1 rings (SSSR count). The van der Waals surface area contributed by atoms with E-state index < -0.39 is 0 Å². The second-order valence-corrected chi connectivity index (χ2v) is 6.84. The molecule has 18 heavy (non-hydrogen) atoms. The molecule has 0 saturated heterocycles. The molecule has 2 unspecified atom stereocenters. The Balaban J connectivity index is 2.27. The minimum absolute atomic E-state index is 0.0122. The molecule has 2 atom stereocenters. The summed E-state index contributed by atoms with van der Waals surface area (Å²) in [7, 11) is 0. The van der Waals surface area contributed by atoms with Crippen molar-refractivity contribution in [1.29, 1.82) is 0 Å². The fourth-order valence-corrected chi connectivity index (χ4v) is 2.26. The van der Waals surface area contributed by atoms with E-state index in [1.807, 2.05) is 6.92 Å². The van der Waals surface area contributed by atoms with E-state index in [-0.39, 0.29) is 30.1 Å². The van der Waals surface area contributed by atoms with Crippen molar-refractivity contribution < 1.29 is 9.90 Å². The van der Waals surface area contributed by atoms with Crippen LogP contribution >= 0.6 is 0 Å². The van der Waals surface area contributed by atoms with Crippen molar-refractivity contribution in [2.24, 2.45) is 11.3 Å². The second-order valence-electron chi connectivity index (χ2n) is 6.84. The van der Waals surface area contributed by atoms with Crippen molar-refractivity contribution in [3.63, 3.8) is 0 Å². The van der Waals surface area contributed by atoms with Crippen LogP contribution in [0.25, 0.3) is 0 Å². The Morgan fingerprint density at radius 2 is 1.94 bits per heavy atom. The number of carbonyl (C=O) groups excluding carboxylic acids is 1. The maximum Gasteiger partial charge on any atom is 0.315 e. The van der Waals surface area contributed by atoms with E-state index in [1.54, 1.807) is 0 Å². The summed E-state index contributed by atoms with van der Waals surface area (Å²) in [6.45, 7) is 8.33. The Morgan fingerprint density at radius 1 is 1.33 bits per heavy atom. The van der Waals surface area contributed by atoms with Crippen molar-refractivity contribution in [3.8, 4) is 0 Å².